The fraction of sp³-hybridized carbons (Fsp3) is 0.308. The van der Waals surface area contributed by atoms with E-state index in [0.29, 0.717) is 23.5 Å². The van der Waals surface area contributed by atoms with Crippen LogP contribution >= 0.6 is 11.3 Å². The van der Waals surface area contributed by atoms with Gasteiger partial charge in [0.25, 0.3) is 5.56 Å². The first-order chi connectivity index (χ1) is 9.61. The molecule has 0 spiro atoms. The zero-order chi connectivity index (χ0) is 14.3. The van der Waals surface area contributed by atoms with Gasteiger partial charge in [-0.3, -0.25) is 14.3 Å². The highest BCUT2D eigenvalue weighted by molar-refractivity contribution is 7.13. The summed E-state index contributed by atoms with van der Waals surface area (Å²) in [5, 5.41) is 1.97. The first-order valence-corrected chi connectivity index (χ1v) is 7.27. The third-order valence-corrected chi connectivity index (χ3v) is 4.18. The molecule has 3 rings (SSSR count). The van der Waals surface area contributed by atoms with Gasteiger partial charge in [-0.2, -0.15) is 0 Å². The molecule has 7 heteroatoms. The molecule has 0 radical (unpaired) electrons. The third-order valence-electron chi connectivity index (χ3n) is 3.16. The fourth-order valence-corrected chi connectivity index (χ4v) is 3.07. The molecule has 0 bridgehead atoms. The molecular weight excluding hydrogens is 276 g/mol. The first-order valence-electron chi connectivity index (χ1n) is 6.39. The van der Waals surface area contributed by atoms with Crippen molar-refractivity contribution in [1.82, 2.24) is 19.5 Å². The Labute approximate surface area is 118 Å². The minimum atomic E-state index is -0.426. The highest BCUT2D eigenvalue weighted by Gasteiger charge is 2.15. The quantitative estimate of drug-likeness (QED) is 0.772. The van der Waals surface area contributed by atoms with E-state index in [2.05, 4.69) is 15.0 Å². The summed E-state index contributed by atoms with van der Waals surface area (Å²) in [7, 11) is 0. The lowest BCUT2D eigenvalue weighted by molar-refractivity contribution is 0.653. The molecule has 0 amide bonds. The lowest BCUT2D eigenvalue weighted by atomic mass is 10.3. The normalized spacial score (nSPS) is 11.3. The zero-order valence-corrected chi connectivity index (χ0v) is 12.0. The Bertz CT molecular complexity index is 884. The fourth-order valence-electron chi connectivity index (χ4n) is 2.19. The maximum Gasteiger partial charge on any atom is 0.330 e. The van der Waals surface area contributed by atoms with Gasteiger partial charge < -0.3 is 4.98 Å². The predicted molar refractivity (Wildman–Crippen MR) is 79.3 cm³/mol. The van der Waals surface area contributed by atoms with Gasteiger partial charge in [0.1, 0.15) is 5.52 Å². The highest BCUT2D eigenvalue weighted by atomic mass is 32.1. The number of nitrogens with one attached hydrogen (secondary N) is 2. The van der Waals surface area contributed by atoms with Crippen molar-refractivity contribution >= 4 is 22.5 Å². The van der Waals surface area contributed by atoms with Crippen LogP contribution in [0.2, 0.25) is 0 Å². The summed E-state index contributed by atoms with van der Waals surface area (Å²) >= 11 is 1.55. The second kappa shape index (κ2) is 4.75. The van der Waals surface area contributed by atoms with E-state index in [1.807, 2.05) is 25.3 Å². The van der Waals surface area contributed by atoms with Gasteiger partial charge in [0, 0.05) is 6.54 Å². The summed E-state index contributed by atoms with van der Waals surface area (Å²) in [5.41, 5.74) is 1.02. The Hall–Kier alpha value is -2.15. The molecule has 0 aliphatic carbocycles. The van der Waals surface area contributed by atoms with Gasteiger partial charge in [0.15, 0.2) is 11.5 Å². The first kappa shape index (κ1) is 12.9. The van der Waals surface area contributed by atoms with Gasteiger partial charge in [-0.25, -0.2) is 9.78 Å². The Morgan fingerprint density at radius 3 is 2.80 bits per heavy atom. The lowest BCUT2D eigenvalue weighted by Crippen LogP contribution is -2.30. The van der Waals surface area contributed by atoms with E-state index < -0.39 is 11.2 Å². The topological polar surface area (TPSA) is 83.5 Å². The van der Waals surface area contributed by atoms with Crippen LogP contribution in [0.15, 0.2) is 21.0 Å². The summed E-state index contributed by atoms with van der Waals surface area (Å²) in [5.74, 6) is 0.633. The molecule has 0 aromatic carbocycles. The van der Waals surface area contributed by atoms with Crippen molar-refractivity contribution in [1.29, 1.82) is 0 Å². The van der Waals surface area contributed by atoms with Gasteiger partial charge in [-0.1, -0.05) is 6.92 Å². The van der Waals surface area contributed by atoms with Crippen LogP contribution in [0.1, 0.15) is 18.9 Å². The van der Waals surface area contributed by atoms with E-state index in [-0.39, 0.29) is 0 Å². The van der Waals surface area contributed by atoms with E-state index in [9.17, 15) is 9.59 Å². The number of fused-ring (bicyclic) bond motifs is 1. The van der Waals surface area contributed by atoms with Gasteiger partial charge in [-0.05, 0) is 30.4 Å². The average molecular weight is 290 g/mol. The summed E-state index contributed by atoms with van der Waals surface area (Å²) in [6.45, 7) is 4.49. The van der Waals surface area contributed by atoms with Crippen molar-refractivity contribution in [3.8, 4) is 10.7 Å². The molecule has 0 fully saturated rings. The van der Waals surface area contributed by atoms with Gasteiger partial charge in [0.2, 0.25) is 0 Å². The number of nitrogens with zero attached hydrogens (tertiary/aromatic N) is 2. The molecule has 0 atom stereocenters. The van der Waals surface area contributed by atoms with Crippen molar-refractivity contribution in [2.75, 3.05) is 0 Å². The molecule has 3 aromatic rings. The average Bonchev–Trinajstić information content (AvgIpc) is 3.00. The molecule has 0 unspecified atom stereocenters. The van der Waals surface area contributed by atoms with E-state index >= 15 is 0 Å². The van der Waals surface area contributed by atoms with Crippen LogP contribution < -0.4 is 11.2 Å². The minimum Gasteiger partial charge on any atom is -0.331 e. The van der Waals surface area contributed by atoms with Gasteiger partial charge in [0.05, 0.1) is 4.88 Å². The summed E-state index contributed by atoms with van der Waals surface area (Å²) in [4.78, 5) is 34.5. The van der Waals surface area contributed by atoms with E-state index in [1.54, 1.807) is 11.3 Å². The third kappa shape index (κ3) is 1.90. The number of thiophene rings is 1. The molecule has 3 heterocycles. The zero-order valence-electron chi connectivity index (χ0n) is 11.2. The van der Waals surface area contributed by atoms with Crippen LogP contribution in [0.3, 0.4) is 0 Å². The van der Waals surface area contributed by atoms with Gasteiger partial charge in [-0.15, -0.1) is 11.3 Å². The molecule has 0 saturated heterocycles. The number of hydrogen-bond donors (Lipinski definition) is 2. The number of aromatic nitrogens is 4. The van der Waals surface area contributed by atoms with Crippen LogP contribution in [0.5, 0.6) is 0 Å². The van der Waals surface area contributed by atoms with E-state index in [0.717, 1.165) is 16.9 Å². The van der Waals surface area contributed by atoms with Crippen LogP contribution in [0, 0.1) is 6.92 Å². The standard InChI is InChI=1S/C13H14N4O2S/c1-3-5-17-11-8(12(18)16-13(17)19)14-10(15-11)9-7(2)4-6-20-9/h4,6H,3,5H2,1-2H3,(H,14,15)(H,16,18,19). The van der Waals surface area contributed by atoms with Crippen LogP contribution in [-0.2, 0) is 6.54 Å². The van der Waals surface area contributed by atoms with Crippen molar-refractivity contribution in [3.05, 3.63) is 37.8 Å². The van der Waals surface area contributed by atoms with Crippen molar-refractivity contribution < 1.29 is 0 Å². The largest absolute Gasteiger partial charge is 0.331 e. The maximum absolute atomic E-state index is 11.9. The van der Waals surface area contributed by atoms with E-state index in [4.69, 9.17) is 0 Å². The summed E-state index contributed by atoms with van der Waals surface area (Å²) < 4.78 is 1.50. The minimum absolute atomic E-state index is 0.348. The number of hydrogen-bond acceptors (Lipinski definition) is 4. The van der Waals surface area contributed by atoms with Crippen molar-refractivity contribution in [3.63, 3.8) is 0 Å². The lowest BCUT2D eigenvalue weighted by Gasteiger charge is -2.02. The molecule has 3 aromatic heterocycles. The maximum atomic E-state index is 11.9. The smallest absolute Gasteiger partial charge is 0.330 e. The predicted octanol–water partition coefficient (Wildman–Crippen LogP) is 1.86. The van der Waals surface area contributed by atoms with Crippen molar-refractivity contribution in [2.24, 2.45) is 0 Å². The van der Waals surface area contributed by atoms with Gasteiger partial charge >= 0.3 is 5.69 Å². The number of rotatable bonds is 3. The van der Waals surface area contributed by atoms with Crippen LogP contribution in [0.4, 0.5) is 0 Å². The second-order valence-corrected chi connectivity index (χ2v) is 5.54. The molecule has 0 saturated carbocycles. The number of H-pyrrole nitrogens is 2. The molecule has 104 valence electrons. The summed E-state index contributed by atoms with van der Waals surface area (Å²) in [6.07, 6.45) is 0.793. The summed E-state index contributed by atoms with van der Waals surface area (Å²) in [6, 6.07) is 2.00. The SMILES string of the molecule is CCCn1c(=O)[nH]c(=O)c2[nH]c(-c3sccc3C)nc21. The number of imidazole rings is 1. The molecule has 6 nitrogen and oxygen atoms in total. The Morgan fingerprint density at radius 2 is 2.15 bits per heavy atom. The molecular formula is C13H14N4O2S. The highest BCUT2D eigenvalue weighted by Crippen LogP contribution is 2.27. The number of aromatic amines is 2. The van der Waals surface area contributed by atoms with Crippen molar-refractivity contribution in [2.45, 2.75) is 26.8 Å². The molecule has 2 N–H and O–H groups in total. The van der Waals surface area contributed by atoms with Crippen LogP contribution in [0.25, 0.3) is 21.9 Å². The Kier molecular flexibility index (Phi) is 3.06. The molecule has 0 aliphatic heterocycles. The Balaban J connectivity index is 2.33. The monoisotopic (exact) mass is 290 g/mol. The number of aryl methyl sites for hydroxylation is 2. The Morgan fingerprint density at radius 1 is 1.35 bits per heavy atom. The molecule has 0 aliphatic rings. The van der Waals surface area contributed by atoms with E-state index in [1.165, 1.54) is 4.57 Å². The molecule has 20 heavy (non-hydrogen) atoms. The second-order valence-electron chi connectivity index (χ2n) is 4.63. The van der Waals surface area contributed by atoms with Crippen LogP contribution in [-0.4, -0.2) is 19.5 Å².